The summed E-state index contributed by atoms with van der Waals surface area (Å²) in [7, 11) is -6.29. The van der Waals surface area contributed by atoms with Gasteiger partial charge in [-0.25, -0.2) is 16.8 Å². The zero-order valence-electron chi connectivity index (χ0n) is 17.0. The van der Waals surface area contributed by atoms with Crippen LogP contribution in [-0.4, -0.2) is 113 Å². The van der Waals surface area contributed by atoms with Crippen LogP contribution >= 0.6 is 47.6 Å². The summed E-state index contributed by atoms with van der Waals surface area (Å²) in [6, 6.07) is -0.923. The largest absolute Gasteiger partial charge is 0.469 e. The predicted molar refractivity (Wildman–Crippen MR) is 129 cm³/mol. The number of rotatable bonds is 11. The third-order valence-corrected chi connectivity index (χ3v) is 9.69. The van der Waals surface area contributed by atoms with Gasteiger partial charge in [0.2, 0.25) is 0 Å². The van der Waals surface area contributed by atoms with Gasteiger partial charge < -0.3 is 29.6 Å². The molecule has 0 amide bonds. The molecule has 0 radical (unpaired) electrons. The van der Waals surface area contributed by atoms with E-state index >= 15 is 0 Å². The van der Waals surface area contributed by atoms with Crippen molar-refractivity contribution in [3.8, 4) is 0 Å². The van der Waals surface area contributed by atoms with Crippen molar-refractivity contribution in [2.45, 2.75) is 22.8 Å². The molecule has 0 aromatic heterocycles. The van der Waals surface area contributed by atoms with E-state index in [9.17, 15) is 16.8 Å². The van der Waals surface area contributed by atoms with Crippen molar-refractivity contribution in [3.63, 3.8) is 0 Å². The van der Waals surface area contributed by atoms with Crippen LogP contribution in [0.1, 0.15) is 0 Å². The first-order chi connectivity index (χ1) is 15.0. The zero-order valence-corrected chi connectivity index (χ0v) is 21.8. The highest BCUT2D eigenvalue weighted by atomic mass is 35.5. The van der Waals surface area contributed by atoms with Crippen LogP contribution in [0, 0.1) is 0 Å². The van der Waals surface area contributed by atoms with Gasteiger partial charge >= 0.3 is 0 Å². The summed E-state index contributed by atoms with van der Waals surface area (Å²) in [5.74, 6) is -0.300. The molecule has 4 atom stereocenters. The number of ether oxygens (including phenoxy) is 4. The van der Waals surface area contributed by atoms with E-state index in [0.29, 0.717) is 13.2 Å². The lowest BCUT2D eigenvalue weighted by Crippen LogP contribution is -2.41. The topological polar surface area (TPSA) is 129 Å². The van der Waals surface area contributed by atoms with Crippen LogP contribution in [-0.2, 0) is 38.6 Å². The molecule has 2 saturated heterocycles. The Morgan fingerprint density at radius 3 is 1.34 bits per heavy atom. The SMILES string of the molecule is O=S1(=O)CC(Cl)C(NC(=S)OCCOCCOCCOC(=S)NC2CS(=O)(=O)CC2Cl)C1. The maximum absolute atomic E-state index is 11.5. The van der Waals surface area contributed by atoms with Crippen molar-refractivity contribution in [1.29, 1.82) is 0 Å². The molecule has 16 heteroatoms. The zero-order chi connectivity index (χ0) is 23.8. The van der Waals surface area contributed by atoms with Crippen LogP contribution in [0.4, 0.5) is 0 Å². The Morgan fingerprint density at radius 1 is 0.688 bits per heavy atom. The summed E-state index contributed by atoms with van der Waals surface area (Å²) < 4.78 is 67.3. The normalized spacial score (nSPS) is 28.2. The quantitative estimate of drug-likeness (QED) is 0.190. The Bertz CT molecular complexity index is 788. The van der Waals surface area contributed by atoms with Crippen LogP contribution in [0.15, 0.2) is 0 Å². The van der Waals surface area contributed by atoms with E-state index in [0.717, 1.165) is 0 Å². The van der Waals surface area contributed by atoms with E-state index in [1.165, 1.54) is 0 Å². The average molecular weight is 574 g/mol. The third-order valence-electron chi connectivity index (χ3n) is 4.47. The number of hydrogen-bond donors (Lipinski definition) is 2. The van der Waals surface area contributed by atoms with Gasteiger partial charge in [0.25, 0.3) is 10.3 Å². The van der Waals surface area contributed by atoms with Crippen LogP contribution in [0.5, 0.6) is 0 Å². The molecule has 10 nitrogen and oxygen atoms in total. The summed E-state index contributed by atoms with van der Waals surface area (Å²) >= 11 is 22.0. The van der Waals surface area contributed by atoms with Crippen LogP contribution < -0.4 is 10.6 Å². The monoisotopic (exact) mass is 572 g/mol. The summed E-state index contributed by atoms with van der Waals surface area (Å²) in [5.41, 5.74) is 0. The highest BCUT2D eigenvalue weighted by molar-refractivity contribution is 7.92. The van der Waals surface area contributed by atoms with Gasteiger partial charge in [-0.3, -0.25) is 0 Å². The first-order valence-corrected chi connectivity index (χ1v) is 15.0. The summed E-state index contributed by atoms with van der Waals surface area (Å²) in [6.07, 6.45) is 0. The van der Waals surface area contributed by atoms with Crippen LogP contribution in [0.25, 0.3) is 0 Å². The molecule has 2 N–H and O–H groups in total. The van der Waals surface area contributed by atoms with Gasteiger partial charge in [0, 0.05) is 0 Å². The van der Waals surface area contributed by atoms with Crippen molar-refractivity contribution < 1.29 is 35.8 Å². The fourth-order valence-electron chi connectivity index (χ4n) is 2.97. The minimum atomic E-state index is -3.14. The van der Waals surface area contributed by atoms with Crippen molar-refractivity contribution >= 4 is 77.7 Å². The van der Waals surface area contributed by atoms with E-state index in [1.807, 2.05) is 0 Å². The Balaban J connectivity index is 1.41. The fourth-order valence-corrected chi connectivity index (χ4v) is 8.54. The Hall–Kier alpha value is -0.220. The summed E-state index contributed by atoms with van der Waals surface area (Å²) in [4.78, 5) is 0. The summed E-state index contributed by atoms with van der Waals surface area (Å²) in [6.45, 7) is 1.58. The Morgan fingerprint density at radius 2 is 1.03 bits per heavy atom. The molecule has 186 valence electrons. The Kier molecular flexibility index (Phi) is 11.4. The Labute approximate surface area is 208 Å². The lowest BCUT2D eigenvalue weighted by Gasteiger charge is -2.17. The second-order valence-electron chi connectivity index (χ2n) is 7.18. The molecular formula is C16H26Cl2N2O8S4. The molecular weight excluding hydrogens is 547 g/mol. The number of nitrogens with one attached hydrogen (secondary N) is 2. The van der Waals surface area contributed by atoms with Crippen molar-refractivity contribution in [1.82, 2.24) is 10.6 Å². The van der Waals surface area contributed by atoms with Crippen molar-refractivity contribution in [2.75, 3.05) is 62.7 Å². The molecule has 4 unspecified atom stereocenters. The molecule has 2 rings (SSSR count). The number of hydrogen-bond acceptors (Lipinski definition) is 10. The van der Waals surface area contributed by atoms with Gasteiger partial charge in [0.15, 0.2) is 19.7 Å². The highest BCUT2D eigenvalue weighted by Gasteiger charge is 2.37. The third kappa shape index (κ3) is 10.4. The van der Waals surface area contributed by atoms with Gasteiger partial charge in [-0.15, -0.1) is 23.2 Å². The van der Waals surface area contributed by atoms with E-state index < -0.39 is 42.5 Å². The first kappa shape index (κ1) is 28.0. The number of halogens is 2. The van der Waals surface area contributed by atoms with Crippen LogP contribution in [0.3, 0.4) is 0 Å². The number of sulfone groups is 2. The number of thiocarbonyl (C=S) groups is 2. The van der Waals surface area contributed by atoms with Gasteiger partial charge in [-0.2, -0.15) is 0 Å². The van der Waals surface area contributed by atoms with Gasteiger partial charge in [0.1, 0.15) is 13.2 Å². The van der Waals surface area contributed by atoms with Crippen molar-refractivity contribution in [3.05, 3.63) is 0 Å². The molecule has 2 fully saturated rings. The molecule has 0 aliphatic carbocycles. The molecule has 0 spiro atoms. The lowest BCUT2D eigenvalue weighted by molar-refractivity contribution is 0.0247. The van der Waals surface area contributed by atoms with Gasteiger partial charge in [0.05, 0.1) is 72.3 Å². The average Bonchev–Trinajstić information content (AvgIpc) is 3.08. The maximum Gasteiger partial charge on any atom is 0.257 e. The molecule has 0 bridgehead atoms. The fraction of sp³-hybridized carbons (Fsp3) is 0.875. The van der Waals surface area contributed by atoms with E-state index in [-0.39, 0.29) is 59.8 Å². The summed E-state index contributed by atoms with van der Waals surface area (Å²) in [5, 5.41) is 4.67. The standard InChI is InChI=1S/C16H26Cl2N2O8S4/c17-11-7-31(21,22)9-13(11)19-15(29)27-5-3-25-1-2-26-4-6-28-16(30)20-14-10-32(23,24)8-12(14)18/h11-14H,1-10H2,(H,19,29)(H,20,30). The van der Waals surface area contributed by atoms with Gasteiger partial charge in [-0.1, -0.05) is 0 Å². The highest BCUT2D eigenvalue weighted by Crippen LogP contribution is 2.18. The molecule has 32 heavy (non-hydrogen) atoms. The molecule has 0 aromatic carbocycles. The smallest absolute Gasteiger partial charge is 0.257 e. The molecule has 2 aliphatic rings. The predicted octanol–water partition coefficient (Wildman–Crippen LogP) is -0.389. The van der Waals surface area contributed by atoms with E-state index in [1.54, 1.807) is 0 Å². The van der Waals surface area contributed by atoms with E-state index in [2.05, 4.69) is 10.6 Å². The van der Waals surface area contributed by atoms with Crippen LogP contribution in [0.2, 0.25) is 0 Å². The molecule has 2 aliphatic heterocycles. The first-order valence-electron chi connectivity index (χ1n) is 9.68. The molecule has 0 saturated carbocycles. The second kappa shape index (κ2) is 13.0. The van der Waals surface area contributed by atoms with E-state index in [4.69, 9.17) is 66.6 Å². The number of alkyl halides is 2. The maximum atomic E-state index is 11.5. The minimum absolute atomic E-state index is 0.0707. The minimum Gasteiger partial charge on any atom is -0.469 e. The van der Waals surface area contributed by atoms with Crippen molar-refractivity contribution in [2.24, 2.45) is 0 Å². The lowest BCUT2D eigenvalue weighted by atomic mass is 10.3. The van der Waals surface area contributed by atoms with Gasteiger partial charge in [-0.05, 0) is 24.4 Å². The second-order valence-corrected chi connectivity index (χ2v) is 13.4. The molecule has 2 heterocycles. The molecule has 0 aromatic rings.